The molecule has 1 amide bonds. The Hall–Kier alpha value is -1.84. The van der Waals surface area contributed by atoms with E-state index in [0.29, 0.717) is 12.5 Å². The molecule has 1 fully saturated rings. The highest BCUT2D eigenvalue weighted by Gasteiger charge is 2.23. The van der Waals surface area contributed by atoms with Crippen molar-refractivity contribution < 1.29 is 9.18 Å². The number of hydrogen-bond acceptors (Lipinski definition) is 1. The summed E-state index contributed by atoms with van der Waals surface area (Å²) in [7, 11) is 0. The van der Waals surface area contributed by atoms with Crippen LogP contribution in [0.4, 0.5) is 4.39 Å². The Morgan fingerprint density at radius 2 is 2.29 bits per heavy atom. The highest BCUT2D eigenvalue weighted by molar-refractivity contribution is 5.89. The van der Waals surface area contributed by atoms with E-state index >= 15 is 0 Å². The van der Waals surface area contributed by atoms with Gasteiger partial charge in [-0.2, -0.15) is 0 Å². The molecule has 0 unspecified atom stereocenters. The van der Waals surface area contributed by atoms with Gasteiger partial charge in [0.15, 0.2) is 0 Å². The maximum absolute atomic E-state index is 13.1. The summed E-state index contributed by atoms with van der Waals surface area (Å²) in [4.78, 5) is 14.7. The molecule has 17 heavy (non-hydrogen) atoms. The number of aromatic amines is 1. The van der Waals surface area contributed by atoms with Gasteiger partial charge in [-0.1, -0.05) is 0 Å². The molecule has 0 spiro atoms. The van der Waals surface area contributed by atoms with E-state index < -0.39 is 0 Å². The lowest BCUT2D eigenvalue weighted by molar-refractivity contribution is -0.120. The summed E-state index contributed by atoms with van der Waals surface area (Å²) in [6, 6.07) is 4.93. The third-order valence-corrected chi connectivity index (χ3v) is 3.02. The minimum Gasteiger partial charge on any atom is -0.361 e. The minimum absolute atomic E-state index is 0.0117. The lowest BCUT2D eigenvalue weighted by atomic mass is 10.1. The Labute approximate surface area is 98.0 Å². The van der Waals surface area contributed by atoms with E-state index in [1.807, 2.05) is 0 Å². The molecule has 0 saturated heterocycles. The molecule has 0 atom stereocenters. The Morgan fingerprint density at radius 3 is 3.06 bits per heavy atom. The van der Waals surface area contributed by atoms with Crippen LogP contribution in [-0.4, -0.2) is 16.9 Å². The predicted molar refractivity (Wildman–Crippen MR) is 63.1 cm³/mol. The summed E-state index contributed by atoms with van der Waals surface area (Å²) in [6.07, 6.45) is 4.24. The summed E-state index contributed by atoms with van der Waals surface area (Å²) in [6.45, 7) is 0. The third-order valence-electron chi connectivity index (χ3n) is 3.02. The van der Waals surface area contributed by atoms with Crippen LogP contribution in [0.25, 0.3) is 10.9 Å². The average Bonchev–Trinajstić information content (AvgIpc) is 3.01. The Bertz CT molecular complexity index is 572. The zero-order valence-electron chi connectivity index (χ0n) is 9.29. The zero-order valence-corrected chi connectivity index (χ0v) is 9.29. The lowest BCUT2D eigenvalue weighted by Gasteiger charge is -2.02. The molecule has 3 rings (SSSR count). The molecule has 4 heteroatoms. The van der Waals surface area contributed by atoms with Crippen molar-refractivity contribution in [3.8, 4) is 0 Å². The summed E-state index contributed by atoms with van der Waals surface area (Å²) in [5, 5.41) is 3.71. The second-order valence-corrected chi connectivity index (χ2v) is 4.52. The van der Waals surface area contributed by atoms with Gasteiger partial charge in [0.2, 0.25) is 5.91 Å². The fourth-order valence-electron chi connectivity index (χ4n) is 1.98. The topological polar surface area (TPSA) is 44.9 Å². The predicted octanol–water partition coefficient (Wildman–Crippen LogP) is 2.13. The van der Waals surface area contributed by atoms with Crippen LogP contribution >= 0.6 is 0 Å². The number of fused-ring (bicyclic) bond motifs is 1. The smallest absolute Gasteiger partial charge is 0.224 e. The number of H-pyrrole nitrogens is 1. The first-order valence-corrected chi connectivity index (χ1v) is 5.77. The van der Waals surface area contributed by atoms with Crippen molar-refractivity contribution in [1.82, 2.24) is 10.3 Å². The highest BCUT2D eigenvalue weighted by Crippen LogP contribution is 2.21. The molecule has 0 aliphatic heterocycles. The first kappa shape index (κ1) is 10.3. The normalized spacial score (nSPS) is 15.1. The molecule has 1 aromatic carbocycles. The molecule has 1 aliphatic carbocycles. The van der Waals surface area contributed by atoms with Crippen molar-refractivity contribution in [3.05, 3.63) is 35.8 Å². The number of benzene rings is 1. The summed E-state index contributed by atoms with van der Waals surface area (Å²) < 4.78 is 13.1. The Kier molecular flexibility index (Phi) is 2.35. The number of rotatable bonds is 3. The van der Waals surface area contributed by atoms with E-state index in [9.17, 15) is 9.18 Å². The Morgan fingerprint density at radius 1 is 1.47 bits per heavy atom. The molecule has 2 N–H and O–H groups in total. The lowest BCUT2D eigenvalue weighted by Crippen LogP contribution is -2.26. The van der Waals surface area contributed by atoms with Gasteiger partial charge in [0.05, 0.1) is 6.42 Å². The van der Waals surface area contributed by atoms with E-state index in [2.05, 4.69) is 10.3 Å². The largest absolute Gasteiger partial charge is 0.361 e. The molecule has 88 valence electrons. The zero-order chi connectivity index (χ0) is 11.8. The van der Waals surface area contributed by atoms with Gasteiger partial charge in [0.25, 0.3) is 0 Å². The van der Waals surface area contributed by atoms with Gasteiger partial charge < -0.3 is 10.3 Å². The number of halogens is 1. The van der Waals surface area contributed by atoms with Gasteiger partial charge in [0, 0.05) is 23.1 Å². The van der Waals surface area contributed by atoms with Crippen molar-refractivity contribution in [1.29, 1.82) is 0 Å². The average molecular weight is 232 g/mol. The van der Waals surface area contributed by atoms with Gasteiger partial charge in [-0.15, -0.1) is 0 Å². The van der Waals surface area contributed by atoms with Gasteiger partial charge in [-0.3, -0.25) is 4.79 Å². The number of amides is 1. The van der Waals surface area contributed by atoms with E-state index in [4.69, 9.17) is 0 Å². The quantitative estimate of drug-likeness (QED) is 0.836. The fraction of sp³-hybridized carbons (Fsp3) is 0.308. The van der Waals surface area contributed by atoms with Crippen molar-refractivity contribution in [2.75, 3.05) is 0 Å². The van der Waals surface area contributed by atoms with E-state index in [0.717, 1.165) is 29.3 Å². The van der Waals surface area contributed by atoms with E-state index in [1.54, 1.807) is 12.3 Å². The standard InChI is InChI=1S/C13H13FN2O/c14-9-1-4-12-11(6-9)8(7-15-12)5-13(17)16-10-2-3-10/h1,4,6-7,10,15H,2-3,5H2,(H,16,17). The van der Waals surface area contributed by atoms with Gasteiger partial charge in [-0.25, -0.2) is 4.39 Å². The number of carbonyl (C=O) groups excluding carboxylic acids is 1. The molecule has 3 nitrogen and oxygen atoms in total. The fourth-order valence-corrected chi connectivity index (χ4v) is 1.98. The molecule has 0 radical (unpaired) electrons. The number of carbonyl (C=O) groups is 1. The maximum Gasteiger partial charge on any atom is 0.224 e. The van der Waals surface area contributed by atoms with Crippen LogP contribution in [0.1, 0.15) is 18.4 Å². The third kappa shape index (κ3) is 2.16. The second kappa shape index (κ2) is 3.87. The second-order valence-electron chi connectivity index (χ2n) is 4.52. The van der Waals surface area contributed by atoms with Crippen LogP contribution in [-0.2, 0) is 11.2 Å². The molecular formula is C13H13FN2O. The molecular weight excluding hydrogens is 219 g/mol. The summed E-state index contributed by atoms with van der Waals surface area (Å²) in [5.74, 6) is -0.265. The van der Waals surface area contributed by atoms with Gasteiger partial charge in [-0.05, 0) is 36.6 Å². The van der Waals surface area contributed by atoms with E-state index in [-0.39, 0.29) is 11.7 Å². The van der Waals surface area contributed by atoms with Crippen LogP contribution in [0, 0.1) is 5.82 Å². The maximum atomic E-state index is 13.1. The number of aromatic nitrogens is 1. The monoisotopic (exact) mass is 232 g/mol. The molecule has 0 bridgehead atoms. The Balaban J connectivity index is 1.83. The number of hydrogen-bond donors (Lipinski definition) is 2. The first-order valence-electron chi connectivity index (χ1n) is 5.77. The van der Waals surface area contributed by atoms with Crippen LogP contribution in [0.3, 0.4) is 0 Å². The SMILES string of the molecule is O=C(Cc1c[nH]c2ccc(F)cc12)NC1CC1. The van der Waals surface area contributed by atoms with Gasteiger partial charge >= 0.3 is 0 Å². The minimum atomic E-state index is -0.277. The molecule has 1 heterocycles. The molecule has 1 saturated carbocycles. The van der Waals surface area contributed by atoms with Crippen LogP contribution < -0.4 is 5.32 Å². The van der Waals surface area contributed by atoms with Crippen molar-refractivity contribution in [3.63, 3.8) is 0 Å². The highest BCUT2D eigenvalue weighted by atomic mass is 19.1. The molecule has 1 aliphatic rings. The summed E-state index contributed by atoms with van der Waals surface area (Å²) >= 11 is 0. The van der Waals surface area contributed by atoms with Crippen LogP contribution in [0.5, 0.6) is 0 Å². The molecule has 1 aromatic heterocycles. The van der Waals surface area contributed by atoms with Crippen molar-refractivity contribution >= 4 is 16.8 Å². The van der Waals surface area contributed by atoms with E-state index in [1.165, 1.54) is 12.1 Å². The van der Waals surface area contributed by atoms with Crippen LogP contribution in [0.2, 0.25) is 0 Å². The van der Waals surface area contributed by atoms with Crippen LogP contribution in [0.15, 0.2) is 24.4 Å². The summed E-state index contributed by atoms with van der Waals surface area (Å²) in [5.41, 5.74) is 1.71. The number of nitrogens with one attached hydrogen (secondary N) is 2. The molecule has 2 aromatic rings. The van der Waals surface area contributed by atoms with Crippen molar-refractivity contribution in [2.45, 2.75) is 25.3 Å². The van der Waals surface area contributed by atoms with Gasteiger partial charge in [0.1, 0.15) is 5.82 Å². The first-order chi connectivity index (χ1) is 8.22. The van der Waals surface area contributed by atoms with Crippen molar-refractivity contribution in [2.24, 2.45) is 0 Å².